The molecular weight excluding hydrogens is 656 g/mol. The molecule has 0 saturated carbocycles. The first-order valence-corrected chi connectivity index (χ1v) is 14.6. The Kier molecular flexibility index (Phi) is 8.89. The molecule has 0 fully saturated rings. The molecule has 1 unspecified atom stereocenters. The number of carbonyl (C=O) groups is 1. The second-order valence-electron chi connectivity index (χ2n) is 9.08. The number of allylic oxidation sites excluding steroid dienone is 1. The average molecular weight is 684 g/mol. The summed E-state index contributed by atoms with van der Waals surface area (Å²) in [6.45, 7) is 6.85. The average Bonchev–Trinajstić information content (AvgIpc) is 3.41. The fourth-order valence-electron chi connectivity index (χ4n) is 4.59. The first kappa shape index (κ1) is 28.6. The van der Waals surface area contributed by atoms with Crippen molar-refractivity contribution in [1.29, 1.82) is 0 Å². The van der Waals surface area contributed by atoms with E-state index < -0.39 is 6.04 Å². The van der Waals surface area contributed by atoms with Gasteiger partial charge in [0.2, 0.25) is 5.95 Å². The molecule has 1 aliphatic rings. The molecule has 0 saturated heterocycles. The Balaban J connectivity index is 1.53. The number of aromatic nitrogens is 4. The second-order valence-corrected chi connectivity index (χ2v) is 10.8. The molecule has 0 spiro atoms. The number of benzene rings is 3. The van der Waals surface area contributed by atoms with Crippen molar-refractivity contribution >= 4 is 49.4 Å². The number of tetrazole rings is 1. The molecule has 0 aliphatic carbocycles. The monoisotopic (exact) mass is 682 g/mol. The lowest BCUT2D eigenvalue weighted by Crippen LogP contribution is -2.31. The minimum absolute atomic E-state index is 0.322. The standard InChI is InChI=1S/C29H28Br2N6O4/c1-4-39-23-12-7-6-11-22(23)33-28(38)25-17(3)32-29-34-35-36-37(29)26(25)19-14-21(31)27(24(15-19)40-5-2)41-16-18-9-8-10-20(30)13-18/h6-15,26H,4-5,16H2,1-3H3,(H,33,38)(H,32,34,36). The highest BCUT2D eigenvalue weighted by Crippen LogP contribution is 2.43. The van der Waals surface area contributed by atoms with E-state index in [0.29, 0.717) is 64.4 Å². The summed E-state index contributed by atoms with van der Waals surface area (Å²) >= 11 is 7.19. The van der Waals surface area contributed by atoms with E-state index in [4.69, 9.17) is 14.2 Å². The van der Waals surface area contributed by atoms with Crippen molar-refractivity contribution in [3.63, 3.8) is 0 Å². The molecule has 10 nitrogen and oxygen atoms in total. The summed E-state index contributed by atoms with van der Waals surface area (Å²) in [5.74, 6) is 1.76. The number of fused-ring (bicyclic) bond motifs is 1. The van der Waals surface area contributed by atoms with Gasteiger partial charge >= 0.3 is 0 Å². The van der Waals surface area contributed by atoms with Gasteiger partial charge in [-0.05, 0) is 94.7 Å². The van der Waals surface area contributed by atoms with Crippen LogP contribution >= 0.6 is 31.9 Å². The number of hydrogen-bond donors (Lipinski definition) is 2. The number of carbonyl (C=O) groups excluding carboxylic acids is 1. The van der Waals surface area contributed by atoms with E-state index in [1.165, 1.54) is 0 Å². The molecule has 5 rings (SSSR count). The Hall–Kier alpha value is -3.90. The highest BCUT2D eigenvalue weighted by atomic mass is 79.9. The number of hydrogen-bond acceptors (Lipinski definition) is 8. The lowest BCUT2D eigenvalue weighted by atomic mass is 9.94. The summed E-state index contributed by atoms with van der Waals surface area (Å²) in [6, 6.07) is 18.3. The third-order valence-electron chi connectivity index (χ3n) is 6.31. The Bertz CT molecular complexity index is 1610. The summed E-state index contributed by atoms with van der Waals surface area (Å²) in [6.07, 6.45) is 0. The maximum Gasteiger partial charge on any atom is 0.255 e. The fourth-order valence-corrected chi connectivity index (χ4v) is 5.61. The number of rotatable bonds is 10. The van der Waals surface area contributed by atoms with Crippen LogP contribution in [0.3, 0.4) is 0 Å². The summed E-state index contributed by atoms with van der Waals surface area (Å²) in [5.41, 5.74) is 3.35. The molecule has 0 bridgehead atoms. The summed E-state index contributed by atoms with van der Waals surface area (Å²) in [7, 11) is 0. The number of nitrogens with zero attached hydrogens (tertiary/aromatic N) is 4. The topological polar surface area (TPSA) is 112 Å². The van der Waals surface area contributed by atoms with Crippen LogP contribution in [-0.4, -0.2) is 39.3 Å². The third-order valence-corrected chi connectivity index (χ3v) is 7.40. The van der Waals surface area contributed by atoms with Gasteiger partial charge in [0.05, 0.1) is 28.9 Å². The van der Waals surface area contributed by atoms with Crippen LogP contribution in [0.1, 0.15) is 37.9 Å². The van der Waals surface area contributed by atoms with Gasteiger partial charge in [-0.2, -0.15) is 4.68 Å². The number of amides is 1. The van der Waals surface area contributed by atoms with E-state index >= 15 is 0 Å². The van der Waals surface area contributed by atoms with Gasteiger partial charge in [0.1, 0.15) is 18.4 Å². The van der Waals surface area contributed by atoms with Gasteiger partial charge in [0, 0.05) is 10.2 Å². The van der Waals surface area contributed by atoms with E-state index in [0.717, 1.165) is 15.6 Å². The predicted octanol–water partition coefficient (Wildman–Crippen LogP) is 6.50. The van der Waals surface area contributed by atoms with E-state index in [1.807, 2.05) is 75.4 Å². The first-order chi connectivity index (χ1) is 19.9. The van der Waals surface area contributed by atoms with Crippen LogP contribution in [0.25, 0.3) is 0 Å². The summed E-state index contributed by atoms with van der Waals surface area (Å²) in [4.78, 5) is 13.9. The molecule has 1 atom stereocenters. The quantitative estimate of drug-likeness (QED) is 0.195. The lowest BCUT2D eigenvalue weighted by molar-refractivity contribution is -0.113. The maximum absolute atomic E-state index is 13.9. The lowest BCUT2D eigenvalue weighted by Gasteiger charge is -2.29. The highest BCUT2D eigenvalue weighted by molar-refractivity contribution is 9.10. The van der Waals surface area contributed by atoms with Crippen LogP contribution in [0.5, 0.6) is 17.2 Å². The zero-order chi connectivity index (χ0) is 28.9. The first-order valence-electron chi connectivity index (χ1n) is 13.0. The molecular formula is C29H28Br2N6O4. The molecule has 1 amide bonds. The van der Waals surface area contributed by atoms with E-state index in [1.54, 1.807) is 10.7 Å². The Labute approximate surface area is 254 Å². The predicted molar refractivity (Wildman–Crippen MR) is 162 cm³/mol. The van der Waals surface area contributed by atoms with Crippen LogP contribution in [0.2, 0.25) is 0 Å². The Morgan fingerprint density at radius 3 is 2.56 bits per heavy atom. The molecule has 41 heavy (non-hydrogen) atoms. The zero-order valence-corrected chi connectivity index (χ0v) is 25.8. The molecule has 0 radical (unpaired) electrons. The van der Waals surface area contributed by atoms with Crippen molar-refractivity contribution in [3.8, 4) is 17.2 Å². The second kappa shape index (κ2) is 12.7. The number of anilines is 2. The third kappa shape index (κ3) is 6.23. The maximum atomic E-state index is 13.9. The normalized spacial score (nSPS) is 14.2. The Morgan fingerprint density at radius 2 is 1.78 bits per heavy atom. The van der Waals surface area contributed by atoms with E-state index in [2.05, 4.69) is 58.0 Å². The Morgan fingerprint density at radius 1 is 1.00 bits per heavy atom. The number of para-hydroxylation sites is 2. The van der Waals surface area contributed by atoms with Crippen LogP contribution < -0.4 is 24.8 Å². The van der Waals surface area contributed by atoms with E-state index in [-0.39, 0.29) is 5.91 Å². The zero-order valence-electron chi connectivity index (χ0n) is 22.6. The minimum atomic E-state index is -0.657. The van der Waals surface area contributed by atoms with Gasteiger partial charge in [-0.3, -0.25) is 4.79 Å². The number of halogens is 2. The molecule has 2 N–H and O–H groups in total. The fraction of sp³-hybridized carbons (Fsp3) is 0.241. The summed E-state index contributed by atoms with van der Waals surface area (Å²) in [5, 5.41) is 18.3. The van der Waals surface area contributed by atoms with E-state index in [9.17, 15) is 4.79 Å². The SMILES string of the molecule is CCOc1ccccc1NC(=O)C1=C(C)Nc2nnnn2C1c1cc(Br)c(OCc2cccc(Br)c2)c(OCC)c1. The van der Waals surface area contributed by atoms with Gasteiger partial charge in [-0.1, -0.05) is 45.3 Å². The smallest absolute Gasteiger partial charge is 0.255 e. The van der Waals surface area contributed by atoms with Gasteiger partial charge in [-0.25, -0.2) is 0 Å². The summed E-state index contributed by atoms with van der Waals surface area (Å²) < 4.78 is 21.2. The van der Waals surface area contributed by atoms with Crippen molar-refractivity contribution in [3.05, 3.63) is 92.0 Å². The highest BCUT2D eigenvalue weighted by Gasteiger charge is 2.35. The minimum Gasteiger partial charge on any atom is -0.492 e. The van der Waals surface area contributed by atoms with Gasteiger partial charge in [0.15, 0.2) is 11.5 Å². The van der Waals surface area contributed by atoms with Gasteiger partial charge in [-0.15, -0.1) is 0 Å². The van der Waals surface area contributed by atoms with Crippen molar-refractivity contribution in [1.82, 2.24) is 20.2 Å². The molecule has 3 aromatic carbocycles. The molecule has 4 aromatic rings. The van der Waals surface area contributed by atoms with Crippen molar-refractivity contribution in [2.24, 2.45) is 0 Å². The van der Waals surface area contributed by atoms with Gasteiger partial charge in [0.25, 0.3) is 5.91 Å². The van der Waals surface area contributed by atoms with Crippen LogP contribution in [0.15, 0.2) is 80.9 Å². The van der Waals surface area contributed by atoms with Gasteiger partial charge < -0.3 is 24.8 Å². The largest absolute Gasteiger partial charge is 0.492 e. The van der Waals surface area contributed by atoms with Crippen molar-refractivity contribution in [2.75, 3.05) is 23.8 Å². The molecule has 1 aliphatic heterocycles. The molecule has 12 heteroatoms. The molecule has 2 heterocycles. The molecule has 1 aromatic heterocycles. The van der Waals surface area contributed by atoms with Crippen LogP contribution in [0, 0.1) is 0 Å². The molecule has 212 valence electrons. The number of ether oxygens (including phenoxy) is 3. The number of nitrogens with one attached hydrogen (secondary N) is 2. The van der Waals surface area contributed by atoms with Crippen molar-refractivity contribution in [2.45, 2.75) is 33.4 Å². The van der Waals surface area contributed by atoms with Crippen LogP contribution in [-0.2, 0) is 11.4 Å². The van der Waals surface area contributed by atoms with Crippen molar-refractivity contribution < 1.29 is 19.0 Å². The van der Waals surface area contributed by atoms with Crippen LogP contribution in [0.4, 0.5) is 11.6 Å².